The third-order valence-electron chi connectivity index (χ3n) is 4.99. The number of nitrogens with one attached hydrogen (secondary N) is 2. The summed E-state index contributed by atoms with van der Waals surface area (Å²) in [7, 11) is 1.77. The summed E-state index contributed by atoms with van der Waals surface area (Å²) in [4.78, 5) is 22.9. The Hall–Kier alpha value is -2.16. The highest BCUT2D eigenvalue weighted by Gasteiger charge is 2.29. The SMILES string of the molecule is CN=C(NCCc1ccccn1)NCC1CC(=O)N(CCc2ccccc2)C1.I. The lowest BCUT2D eigenvalue weighted by Gasteiger charge is -2.18. The number of hydrogen-bond donors (Lipinski definition) is 2. The third-order valence-corrected chi connectivity index (χ3v) is 4.99. The number of aliphatic imine (C=N–C) groups is 1. The number of hydrogen-bond acceptors (Lipinski definition) is 3. The maximum atomic E-state index is 12.3. The molecule has 0 saturated carbocycles. The number of carbonyl (C=O) groups excluding carboxylic acids is 1. The van der Waals surface area contributed by atoms with Crippen molar-refractivity contribution in [3.05, 3.63) is 66.0 Å². The van der Waals surface area contributed by atoms with Gasteiger partial charge in [-0.25, -0.2) is 0 Å². The van der Waals surface area contributed by atoms with Gasteiger partial charge >= 0.3 is 0 Å². The fraction of sp³-hybridized carbons (Fsp3) is 0.409. The highest BCUT2D eigenvalue weighted by molar-refractivity contribution is 14.0. The Morgan fingerprint density at radius 2 is 1.93 bits per heavy atom. The normalized spacial score (nSPS) is 16.4. The molecule has 3 rings (SSSR count). The van der Waals surface area contributed by atoms with E-state index in [4.69, 9.17) is 0 Å². The number of nitrogens with zero attached hydrogens (tertiary/aromatic N) is 3. The van der Waals surface area contributed by atoms with Crippen LogP contribution < -0.4 is 10.6 Å². The van der Waals surface area contributed by atoms with Crippen LogP contribution in [0.5, 0.6) is 0 Å². The van der Waals surface area contributed by atoms with Crippen LogP contribution in [0.3, 0.4) is 0 Å². The van der Waals surface area contributed by atoms with Crippen molar-refractivity contribution in [3.63, 3.8) is 0 Å². The van der Waals surface area contributed by atoms with E-state index in [9.17, 15) is 4.79 Å². The molecule has 156 valence electrons. The van der Waals surface area contributed by atoms with Crippen molar-refractivity contribution in [1.29, 1.82) is 0 Å². The summed E-state index contributed by atoms with van der Waals surface area (Å²) in [5, 5.41) is 6.66. The number of halogens is 1. The Labute approximate surface area is 190 Å². The lowest BCUT2D eigenvalue weighted by atomic mass is 10.1. The Kier molecular flexibility index (Phi) is 9.90. The molecule has 1 saturated heterocycles. The molecule has 2 N–H and O–H groups in total. The maximum absolute atomic E-state index is 12.3. The predicted octanol–water partition coefficient (Wildman–Crippen LogP) is 2.50. The van der Waals surface area contributed by atoms with Crippen LogP contribution in [0.15, 0.2) is 59.7 Å². The van der Waals surface area contributed by atoms with Crippen LogP contribution >= 0.6 is 24.0 Å². The fourth-order valence-electron chi connectivity index (χ4n) is 3.43. The van der Waals surface area contributed by atoms with E-state index in [1.807, 2.05) is 47.5 Å². The van der Waals surface area contributed by atoms with Crippen molar-refractivity contribution in [2.75, 3.05) is 33.2 Å². The first-order valence-electron chi connectivity index (χ1n) is 9.90. The minimum absolute atomic E-state index is 0. The first-order valence-corrected chi connectivity index (χ1v) is 9.90. The molecular weight excluding hydrogens is 477 g/mol. The average molecular weight is 507 g/mol. The van der Waals surface area contributed by atoms with E-state index in [2.05, 4.69) is 32.7 Å². The molecule has 29 heavy (non-hydrogen) atoms. The monoisotopic (exact) mass is 507 g/mol. The van der Waals surface area contributed by atoms with Gasteiger partial charge in [-0.2, -0.15) is 0 Å². The van der Waals surface area contributed by atoms with Crippen molar-refractivity contribution < 1.29 is 4.79 Å². The maximum Gasteiger partial charge on any atom is 0.223 e. The molecule has 0 aliphatic carbocycles. The van der Waals surface area contributed by atoms with Crippen molar-refractivity contribution >= 4 is 35.8 Å². The molecule has 0 bridgehead atoms. The van der Waals surface area contributed by atoms with Crippen LogP contribution in [-0.4, -0.2) is 55.0 Å². The van der Waals surface area contributed by atoms with Crippen LogP contribution in [0.2, 0.25) is 0 Å². The van der Waals surface area contributed by atoms with Gasteiger partial charge in [-0.1, -0.05) is 36.4 Å². The highest BCUT2D eigenvalue weighted by atomic mass is 127. The van der Waals surface area contributed by atoms with E-state index < -0.39 is 0 Å². The summed E-state index contributed by atoms with van der Waals surface area (Å²) in [5.74, 6) is 1.34. The smallest absolute Gasteiger partial charge is 0.223 e. The molecule has 0 radical (unpaired) electrons. The van der Waals surface area contributed by atoms with Gasteiger partial charge in [0, 0.05) is 63.9 Å². The number of rotatable bonds is 8. The number of likely N-dealkylation sites (tertiary alicyclic amines) is 1. The number of amides is 1. The summed E-state index contributed by atoms with van der Waals surface area (Å²) < 4.78 is 0. The molecule has 1 atom stereocenters. The molecule has 1 aliphatic rings. The van der Waals surface area contributed by atoms with Gasteiger partial charge in [0.1, 0.15) is 0 Å². The van der Waals surface area contributed by atoms with Gasteiger partial charge in [-0.05, 0) is 24.1 Å². The van der Waals surface area contributed by atoms with Crippen molar-refractivity contribution in [3.8, 4) is 0 Å². The predicted molar refractivity (Wildman–Crippen MR) is 128 cm³/mol. The van der Waals surface area contributed by atoms with Gasteiger partial charge in [0.2, 0.25) is 5.91 Å². The zero-order valence-electron chi connectivity index (χ0n) is 16.9. The van der Waals surface area contributed by atoms with Gasteiger partial charge in [-0.15, -0.1) is 24.0 Å². The van der Waals surface area contributed by atoms with E-state index in [-0.39, 0.29) is 29.9 Å². The number of aromatic nitrogens is 1. The fourth-order valence-corrected chi connectivity index (χ4v) is 3.43. The molecule has 2 aromatic rings. The molecule has 7 heteroatoms. The van der Waals surface area contributed by atoms with E-state index in [1.54, 1.807) is 7.05 Å². The minimum Gasteiger partial charge on any atom is -0.356 e. The second kappa shape index (κ2) is 12.4. The molecular formula is C22H30IN5O. The van der Waals surface area contributed by atoms with E-state index in [1.165, 1.54) is 5.56 Å². The molecule has 1 aliphatic heterocycles. The van der Waals surface area contributed by atoms with Gasteiger partial charge in [-0.3, -0.25) is 14.8 Å². The topological polar surface area (TPSA) is 69.6 Å². The lowest BCUT2D eigenvalue weighted by Crippen LogP contribution is -2.41. The highest BCUT2D eigenvalue weighted by Crippen LogP contribution is 2.17. The molecule has 1 aromatic heterocycles. The molecule has 1 aromatic carbocycles. The summed E-state index contributed by atoms with van der Waals surface area (Å²) in [5.41, 5.74) is 2.33. The minimum atomic E-state index is 0. The van der Waals surface area contributed by atoms with Crippen LogP contribution in [0.1, 0.15) is 17.7 Å². The van der Waals surface area contributed by atoms with Gasteiger partial charge in [0.05, 0.1) is 0 Å². The van der Waals surface area contributed by atoms with Crippen LogP contribution in [0.25, 0.3) is 0 Å². The lowest BCUT2D eigenvalue weighted by molar-refractivity contribution is -0.127. The number of carbonyl (C=O) groups is 1. The largest absolute Gasteiger partial charge is 0.356 e. The average Bonchev–Trinajstić information content (AvgIpc) is 3.10. The molecule has 1 unspecified atom stereocenters. The number of benzene rings is 1. The number of pyridine rings is 1. The third kappa shape index (κ3) is 7.64. The van der Waals surface area contributed by atoms with Crippen molar-refractivity contribution in [2.45, 2.75) is 19.3 Å². The zero-order chi connectivity index (χ0) is 19.6. The van der Waals surface area contributed by atoms with Crippen molar-refractivity contribution in [1.82, 2.24) is 20.5 Å². The quantitative estimate of drug-likeness (QED) is 0.328. The van der Waals surface area contributed by atoms with Crippen LogP contribution in [0, 0.1) is 5.92 Å². The first-order chi connectivity index (χ1) is 13.7. The molecule has 0 spiro atoms. The Morgan fingerprint density at radius 1 is 1.14 bits per heavy atom. The first kappa shape index (κ1) is 23.1. The van der Waals surface area contributed by atoms with Crippen molar-refractivity contribution in [2.24, 2.45) is 10.9 Å². The Bertz CT molecular complexity index is 769. The Morgan fingerprint density at radius 3 is 2.66 bits per heavy atom. The molecule has 1 amide bonds. The van der Waals surface area contributed by atoms with E-state index in [0.29, 0.717) is 12.3 Å². The summed E-state index contributed by atoms with van der Waals surface area (Å²) >= 11 is 0. The molecule has 2 heterocycles. The number of guanidine groups is 1. The van der Waals surface area contributed by atoms with Gasteiger partial charge in [0.25, 0.3) is 0 Å². The summed E-state index contributed by atoms with van der Waals surface area (Å²) in [6.07, 6.45) is 4.16. The summed E-state index contributed by atoms with van der Waals surface area (Å²) in [6.45, 7) is 3.11. The summed E-state index contributed by atoms with van der Waals surface area (Å²) in [6, 6.07) is 16.3. The van der Waals surface area contributed by atoms with Crippen LogP contribution in [-0.2, 0) is 17.6 Å². The van der Waals surface area contributed by atoms with E-state index >= 15 is 0 Å². The second-order valence-corrected chi connectivity index (χ2v) is 7.10. The molecule has 1 fully saturated rings. The molecule has 6 nitrogen and oxygen atoms in total. The van der Waals surface area contributed by atoms with Crippen LogP contribution in [0.4, 0.5) is 0 Å². The van der Waals surface area contributed by atoms with Gasteiger partial charge in [0.15, 0.2) is 5.96 Å². The van der Waals surface area contributed by atoms with Gasteiger partial charge < -0.3 is 15.5 Å². The second-order valence-electron chi connectivity index (χ2n) is 7.10. The zero-order valence-corrected chi connectivity index (χ0v) is 19.2. The standard InChI is InChI=1S/C22H29N5O.HI/c1-23-22(25-13-10-20-9-5-6-12-24-20)26-16-19-15-21(28)27(17-19)14-11-18-7-3-2-4-8-18;/h2-9,12,19H,10-11,13-17H2,1H3,(H2,23,25,26);1H. The van der Waals surface area contributed by atoms with E-state index in [0.717, 1.165) is 50.7 Å². The Balaban J connectivity index is 0.00000300.